The zero-order valence-electron chi connectivity index (χ0n) is 16.0. The largest absolute Gasteiger partial charge is 0.491 e. The molecular formula is C19H19F3N4O3. The third-order valence-corrected chi connectivity index (χ3v) is 3.99. The van der Waals surface area contributed by atoms with Gasteiger partial charge in [-0.1, -0.05) is 18.2 Å². The molecule has 0 N–H and O–H groups in total. The van der Waals surface area contributed by atoms with Crippen LogP contribution in [0.3, 0.4) is 0 Å². The van der Waals surface area contributed by atoms with E-state index in [0.29, 0.717) is 17.0 Å². The van der Waals surface area contributed by atoms with Gasteiger partial charge in [-0.2, -0.15) is 22.5 Å². The molecule has 0 saturated carbocycles. The summed E-state index contributed by atoms with van der Waals surface area (Å²) < 4.78 is 53.1. The van der Waals surface area contributed by atoms with Crippen molar-refractivity contribution in [1.29, 1.82) is 0 Å². The van der Waals surface area contributed by atoms with E-state index < -0.39 is 17.4 Å². The fourth-order valence-electron chi connectivity index (χ4n) is 2.70. The van der Waals surface area contributed by atoms with Gasteiger partial charge in [0.25, 0.3) is 0 Å². The second-order valence-electron chi connectivity index (χ2n) is 6.50. The highest BCUT2D eigenvalue weighted by atomic mass is 19.4. The Kier molecular flexibility index (Phi) is 5.62. The van der Waals surface area contributed by atoms with Gasteiger partial charge in [0, 0.05) is 7.05 Å². The molecule has 3 aromatic rings. The molecule has 0 aliphatic rings. The molecule has 29 heavy (non-hydrogen) atoms. The summed E-state index contributed by atoms with van der Waals surface area (Å²) in [6, 6.07) is 9.83. The SMILES string of the molecule is CC(C)Oc1cccc(-n2nnn(C)c2=O)c1COc1ccccc1C(F)(F)F. The monoisotopic (exact) mass is 408 g/mol. The van der Waals surface area contributed by atoms with E-state index in [0.717, 1.165) is 15.4 Å². The number of alkyl halides is 3. The van der Waals surface area contributed by atoms with Crippen LogP contribution in [0.4, 0.5) is 13.2 Å². The highest BCUT2D eigenvalue weighted by molar-refractivity contribution is 5.49. The lowest BCUT2D eigenvalue weighted by Crippen LogP contribution is -2.23. The van der Waals surface area contributed by atoms with Crippen molar-refractivity contribution in [3.05, 3.63) is 64.1 Å². The van der Waals surface area contributed by atoms with Gasteiger partial charge in [0.1, 0.15) is 18.1 Å². The van der Waals surface area contributed by atoms with Crippen molar-refractivity contribution >= 4 is 0 Å². The number of benzene rings is 2. The van der Waals surface area contributed by atoms with Gasteiger partial charge >= 0.3 is 11.9 Å². The Bertz CT molecular complexity index is 1060. The van der Waals surface area contributed by atoms with Gasteiger partial charge in [-0.25, -0.2) is 4.79 Å². The maximum Gasteiger partial charge on any atom is 0.419 e. The Hall–Kier alpha value is -3.30. The fraction of sp³-hybridized carbons (Fsp3) is 0.316. The number of aryl methyl sites for hydroxylation is 1. The predicted octanol–water partition coefficient (Wildman–Crippen LogP) is 3.35. The van der Waals surface area contributed by atoms with Crippen LogP contribution in [-0.2, 0) is 19.8 Å². The van der Waals surface area contributed by atoms with Crippen LogP contribution < -0.4 is 15.2 Å². The number of hydrogen-bond donors (Lipinski definition) is 0. The van der Waals surface area contributed by atoms with Crippen molar-refractivity contribution in [3.63, 3.8) is 0 Å². The number of hydrogen-bond acceptors (Lipinski definition) is 5. The van der Waals surface area contributed by atoms with E-state index in [1.54, 1.807) is 18.2 Å². The minimum absolute atomic E-state index is 0.204. The van der Waals surface area contributed by atoms with E-state index in [2.05, 4.69) is 10.4 Å². The van der Waals surface area contributed by atoms with Crippen molar-refractivity contribution < 1.29 is 22.6 Å². The second kappa shape index (κ2) is 7.98. The van der Waals surface area contributed by atoms with Crippen molar-refractivity contribution in [3.8, 4) is 17.2 Å². The van der Waals surface area contributed by atoms with E-state index in [1.807, 2.05) is 13.8 Å². The summed E-state index contributed by atoms with van der Waals surface area (Å²) in [6.07, 6.45) is -4.76. The fourth-order valence-corrected chi connectivity index (χ4v) is 2.70. The van der Waals surface area contributed by atoms with Gasteiger partial charge in [0.15, 0.2) is 0 Å². The summed E-state index contributed by atoms with van der Waals surface area (Å²) >= 11 is 0. The smallest absolute Gasteiger partial charge is 0.419 e. The van der Waals surface area contributed by atoms with Gasteiger partial charge in [0.2, 0.25) is 0 Å². The lowest BCUT2D eigenvalue weighted by Gasteiger charge is -2.19. The van der Waals surface area contributed by atoms with E-state index in [9.17, 15) is 18.0 Å². The highest BCUT2D eigenvalue weighted by Gasteiger charge is 2.34. The molecule has 0 bridgehead atoms. The Morgan fingerprint density at radius 2 is 1.72 bits per heavy atom. The van der Waals surface area contributed by atoms with Gasteiger partial charge in [-0.05, 0) is 48.5 Å². The molecule has 0 aliphatic heterocycles. The summed E-state index contributed by atoms with van der Waals surface area (Å²) in [4.78, 5) is 12.3. The quantitative estimate of drug-likeness (QED) is 0.626. The molecule has 10 heteroatoms. The van der Waals surface area contributed by atoms with Gasteiger partial charge in [-0.15, -0.1) is 0 Å². The zero-order chi connectivity index (χ0) is 21.2. The molecular weight excluding hydrogens is 389 g/mol. The third kappa shape index (κ3) is 4.41. The van der Waals surface area contributed by atoms with Crippen LogP contribution in [0.25, 0.3) is 5.69 Å². The molecule has 0 radical (unpaired) electrons. The van der Waals surface area contributed by atoms with Crippen molar-refractivity contribution in [2.24, 2.45) is 7.05 Å². The van der Waals surface area contributed by atoms with Crippen molar-refractivity contribution in [2.45, 2.75) is 32.7 Å². The number of rotatable bonds is 6. The molecule has 0 saturated heterocycles. The van der Waals surface area contributed by atoms with Crippen molar-refractivity contribution in [1.82, 2.24) is 19.8 Å². The maximum atomic E-state index is 13.3. The molecule has 0 amide bonds. The average molecular weight is 408 g/mol. The Balaban J connectivity index is 2.04. The standard InChI is InChI=1S/C19H19F3N4O3/c1-12(2)29-16-10-6-8-15(26-18(27)25(3)23-24-26)13(16)11-28-17-9-5-4-7-14(17)19(20,21)22/h4-10,12H,11H2,1-3H3. The molecule has 3 rings (SSSR count). The van der Waals surface area contributed by atoms with Gasteiger partial charge in [-0.3, -0.25) is 0 Å². The summed E-state index contributed by atoms with van der Waals surface area (Å²) in [5.41, 5.74) is -0.712. The lowest BCUT2D eigenvalue weighted by molar-refractivity contribution is -0.139. The molecule has 1 heterocycles. The molecule has 0 atom stereocenters. The Morgan fingerprint density at radius 3 is 2.34 bits per heavy atom. The van der Waals surface area contributed by atoms with Crippen molar-refractivity contribution in [2.75, 3.05) is 0 Å². The number of aromatic nitrogens is 4. The first kappa shape index (κ1) is 20.4. The zero-order valence-corrected chi connectivity index (χ0v) is 16.0. The van der Waals surface area contributed by atoms with Crippen LogP contribution in [0.1, 0.15) is 25.0 Å². The number of halogens is 3. The maximum absolute atomic E-state index is 13.3. The summed E-state index contributed by atoms with van der Waals surface area (Å²) in [5, 5.41) is 7.48. The third-order valence-electron chi connectivity index (χ3n) is 3.99. The second-order valence-corrected chi connectivity index (χ2v) is 6.50. The van der Waals surface area contributed by atoms with Crippen LogP contribution in [0.15, 0.2) is 47.3 Å². The first-order chi connectivity index (χ1) is 13.7. The van der Waals surface area contributed by atoms with Crippen LogP contribution in [-0.4, -0.2) is 25.9 Å². The minimum Gasteiger partial charge on any atom is -0.491 e. The first-order valence-electron chi connectivity index (χ1n) is 8.75. The van der Waals surface area contributed by atoms with Crippen LogP contribution in [0, 0.1) is 0 Å². The number of nitrogens with zero attached hydrogens (tertiary/aromatic N) is 4. The van der Waals surface area contributed by atoms with Gasteiger partial charge < -0.3 is 9.47 Å². The molecule has 1 aromatic heterocycles. The topological polar surface area (TPSA) is 71.2 Å². The average Bonchev–Trinajstić information content (AvgIpc) is 2.98. The summed E-state index contributed by atoms with van der Waals surface area (Å²) in [5.74, 6) is 0.0522. The summed E-state index contributed by atoms with van der Waals surface area (Å²) in [7, 11) is 1.44. The first-order valence-corrected chi connectivity index (χ1v) is 8.75. The molecule has 0 unspecified atom stereocenters. The van der Waals surface area contributed by atoms with E-state index in [1.165, 1.54) is 25.2 Å². The van der Waals surface area contributed by atoms with Crippen LogP contribution in [0.2, 0.25) is 0 Å². The van der Waals surface area contributed by atoms with E-state index in [-0.39, 0.29) is 18.5 Å². The minimum atomic E-state index is -4.56. The Labute approximate surface area is 164 Å². The van der Waals surface area contributed by atoms with E-state index in [4.69, 9.17) is 9.47 Å². The number of para-hydroxylation sites is 1. The van der Waals surface area contributed by atoms with Crippen LogP contribution >= 0.6 is 0 Å². The molecule has 0 aliphatic carbocycles. The molecule has 0 spiro atoms. The van der Waals surface area contributed by atoms with E-state index >= 15 is 0 Å². The molecule has 0 fully saturated rings. The number of tetrazole rings is 1. The molecule has 2 aromatic carbocycles. The lowest BCUT2D eigenvalue weighted by atomic mass is 10.1. The Morgan fingerprint density at radius 1 is 1.03 bits per heavy atom. The highest BCUT2D eigenvalue weighted by Crippen LogP contribution is 2.37. The molecule has 154 valence electrons. The van der Waals surface area contributed by atoms with Crippen LogP contribution in [0.5, 0.6) is 11.5 Å². The van der Waals surface area contributed by atoms with Gasteiger partial charge in [0.05, 0.1) is 22.9 Å². The normalized spacial score (nSPS) is 11.7. The molecule has 7 nitrogen and oxygen atoms in total. The summed E-state index contributed by atoms with van der Waals surface area (Å²) in [6.45, 7) is 3.35. The predicted molar refractivity (Wildman–Crippen MR) is 98.1 cm³/mol. The number of ether oxygens (including phenoxy) is 2.